The van der Waals surface area contributed by atoms with E-state index in [1.807, 2.05) is 6.07 Å². The van der Waals surface area contributed by atoms with Crippen molar-refractivity contribution in [1.29, 1.82) is 5.26 Å². The summed E-state index contributed by atoms with van der Waals surface area (Å²) in [6.45, 7) is 1.77. The Balaban J connectivity index is 1.59. The molecule has 0 fully saturated rings. The molecule has 0 spiro atoms. The molecule has 2 aromatic heterocycles. The van der Waals surface area contributed by atoms with E-state index >= 15 is 0 Å². The van der Waals surface area contributed by atoms with Gasteiger partial charge in [-0.3, -0.25) is 4.79 Å². The van der Waals surface area contributed by atoms with Gasteiger partial charge in [-0.25, -0.2) is 4.98 Å². The fourth-order valence-electron chi connectivity index (χ4n) is 2.85. The standard InChI is InChI=1S/C18H20N4O2S/c1-12-9-16(22-24-12)21-17(23)7-8-25-18-14(11-19)10-13-5-3-2-4-6-15(13)20-18/h9-10H,2-8H2,1H3,(H,21,22,23). The molecule has 0 unspecified atom stereocenters. The summed E-state index contributed by atoms with van der Waals surface area (Å²) in [5.41, 5.74) is 2.93. The highest BCUT2D eigenvalue weighted by Crippen LogP contribution is 2.27. The van der Waals surface area contributed by atoms with Crippen molar-refractivity contribution in [2.45, 2.75) is 50.5 Å². The Labute approximate surface area is 151 Å². The van der Waals surface area contributed by atoms with E-state index in [0.29, 0.717) is 29.3 Å². The van der Waals surface area contributed by atoms with Gasteiger partial charge in [0, 0.05) is 23.9 Å². The minimum atomic E-state index is -0.130. The average molecular weight is 356 g/mol. The number of hydrogen-bond donors (Lipinski definition) is 1. The van der Waals surface area contributed by atoms with Crippen LogP contribution in [-0.2, 0) is 17.6 Å². The normalized spacial score (nSPS) is 13.6. The summed E-state index contributed by atoms with van der Waals surface area (Å²) < 4.78 is 4.92. The molecule has 7 heteroatoms. The van der Waals surface area contributed by atoms with Gasteiger partial charge in [0.15, 0.2) is 5.82 Å². The van der Waals surface area contributed by atoms with Crippen LogP contribution in [0, 0.1) is 18.3 Å². The van der Waals surface area contributed by atoms with Gasteiger partial charge >= 0.3 is 0 Å². The van der Waals surface area contributed by atoms with Crippen molar-refractivity contribution in [3.63, 3.8) is 0 Å². The third-order valence-electron chi connectivity index (χ3n) is 4.10. The summed E-state index contributed by atoms with van der Waals surface area (Å²) in [4.78, 5) is 16.7. The van der Waals surface area contributed by atoms with Crippen LogP contribution in [-0.4, -0.2) is 21.8 Å². The van der Waals surface area contributed by atoms with Crippen molar-refractivity contribution in [2.24, 2.45) is 0 Å². The lowest BCUT2D eigenvalue weighted by molar-refractivity contribution is -0.115. The molecule has 0 aromatic carbocycles. The molecule has 0 aliphatic heterocycles. The summed E-state index contributed by atoms with van der Waals surface area (Å²) in [7, 11) is 0. The van der Waals surface area contributed by atoms with E-state index in [1.165, 1.54) is 23.7 Å². The van der Waals surface area contributed by atoms with Gasteiger partial charge in [0.1, 0.15) is 16.9 Å². The number of carbonyl (C=O) groups is 1. The number of amides is 1. The molecule has 1 aliphatic rings. The monoisotopic (exact) mass is 356 g/mol. The number of anilines is 1. The SMILES string of the molecule is Cc1cc(NC(=O)CCSc2nc3c(cc2C#N)CCCCC3)no1. The molecule has 6 nitrogen and oxygen atoms in total. The second-order valence-electron chi connectivity index (χ2n) is 6.09. The number of rotatable bonds is 5. The highest BCUT2D eigenvalue weighted by atomic mass is 32.2. The molecule has 1 N–H and O–H groups in total. The fraction of sp³-hybridized carbons (Fsp3) is 0.444. The summed E-state index contributed by atoms with van der Waals surface area (Å²) in [6.07, 6.45) is 5.81. The van der Waals surface area contributed by atoms with Gasteiger partial charge in [-0.15, -0.1) is 11.8 Å². The molecule has 1 amide bonds. The zero-order valence-corrected chi connectivity index (χ0v) is 15.0. The Morgan fingerprint density at radius 3 is 2.96 bits per heavy atom. The van der Waals surface area contributed by atoms with Crippen LogP contribution in [0.1, 0.15) is 48.3 Å². The molecule has 0 atom stereocenters. The minimum absolute atomic E-state index is 0.130. The van der Waals surface area contributed by atoms with Crippen LogP contribution < -0.4 is 5.32 Å². The van der Waals surface area contributed by atoms with Crippen LogP contribution in [0.25, 0.3) is 0 Å². The van der Waals surface area contributed by atoms with Crippen LogP contribution in [0.4, 0.5) is 5.82 Å². The largest absolute Gasteiger partial charge is 0.360 e. The number of aromatic nitrogens is 2. The number of nitriles is 1. The third-order valence-corrected chi connectivity index (χ3v) is 5.09. The highest BCUT2D eigenvalue weighted by molar-refractivity contribution is 7.99. The Morgan fingerprint density at radius 1 is 1.36 bits per heavy atom. The average Bonchev–Trinajstić information content (AvgIpc) is 2.87. The maximum absolute atomic E-state index is 12.0. The van der Waals surface area contributed by atoms with Crippen LogP contribution in [0.15, 0.2) is 21.7 Å². The van der Waals surface area contributed by atoms with Gasteiger partial charge in [0.2, 0.25) is 5.91 Å². The summed E-state index contributed by atoms with van der Waals surface area (Å²) in [5, 5.41) is 16.6. The first-order valence-electron chi connectivity index (χ1n) is 8.44. The molecule has 0 saturated heterocycles. The molecule has 2 aromatic rings. The van der Waals surface area contributed by atoms with Crippen LogP contribution in [0.3, 0.4) is 0 Å². The minimum Gasteiger partial charge on any atom is -0.360 e. The maximum atomic E-state index is 12.0. The topological polar surface area (TPSA) is 91.8 Å². The number of carbonyl (C=O) groups excluding carboxylic acids is 1. The predicted octanol–water partition coefficient (Wildman–Crippen LogP) is 3.64. The number of nitrogens with zero attached hydrogens (tertiary/aromatic N) is 3. The summed E-state index contributed by atoms with van der Waals surface area (Å²) >= 11 is 1.46. The van der Waals surface area contributed by atoms with E-state index < -0.39 is 0 Å². The van der Waals surface area contributed by atoms with E-state index in [1.54, 1.807) is 13.0 Å². The van der Waals surface area contributed by atoms with E-state index in [4.69, 9.17) is 9.51 Å². The first-order chi connectivity index (χ1) is 12.2. The first-order valence-corrected chi connectivity index (χ1v) is 9.43. The lowest BCUT2D eigenvalue weighted by atomic mass is 10.1. The van der Waals surface area contributed by atoms with Gasteiger partial charge in [-0.1, -0.05) is 11.6 Å². The van der Waals surface area contributed by atoms with E-state index in [9.17, 15) is 10.1 Å². The Hall–Kier alpha value is -2.33. The molecular weight excluding hydrogens is 336 g/mol. The molecule has 2 heterocycles. The fourth-order valence-corrected chi connectivity index (χ4v) is 3.77. The molecule has 0 radical (unpaired) electrons. The molecule has 130 valence electrons. The molecular formula is C18H20N4O2S. The van der Waals surface area contributed by atoms with Crippen LogP contribution in [0.2, 0.25) is 0 Å². The number of fused-ring (bicyclic) bond motifs is 1. The van der Waals surface area contributed by atoms with Crippen molar-refractivity contribution < 1.29 is 9.32 Å². The summed E-state index contributed by atoms with van der Waals surface area (Å²) in [5.74, 6) is 1.50. The molecule has 3 rings (SSSR count). The molecule has 1 aliphatic carbocycles. The number of thioether (sulfide) groups is 1. The Kier molecular flexibility index (Phi) is 5.71. The lowest BCUT2D eigenvalue weighted by Gasteiger charge is -2.09. The third kappa shape index (κ3) is 4.60. The number of aryl methyl sites for hydroxylation is 3. The number of hydrogen-bond acceptors (Lipinski definition) is 6. The van der Waals surface area contributed by atoms with Gasteiger partial charge in [0.25, 0.3) is 0 Å². The second kappa shape index (κ2) is 8.17. The van der Waals surface area contributed by atoms with Gasteiger partial charge in [-0.05, 0) is 44.2 Å². The maximum Gasteiger partial charge on any atom is 0.226 e. The van der Waals surface area contributed by atoms with E-state index in [-0.39, 0.29) is 5.91 Å². The van der Waals surface area contributed by atoms with Crippen LogP contribution >= 0.6 is 11.8 Å². The zero-order valence-electron chi connectivity index (χ0n) is 14.2. The predicted molar refractivity (Wildman–Crippen MR) is 95.4 cm³/mol. The van der Waals surface area contributed by atoms with Crippen LogP contribution in [0.5, 0.6) is 0 Å². The number of pyridine rings is 1. The van der Waals surface area contributed by atoms with E-state index in [0.717, 1.165) is 36.4 Å². The molecule has 0 bridgehead atoms. The van der Waals surface area contributed by atoms with Crippen molar-refractivity contribution in [2.75, 3.05) is 11.1 Å². The van der Waals surface area contributed by atoms with Gasteiger partial charge in [0.05, 0.1) is 5.56 Å². The van der Waals surface area contributed by atoms with Crippen molar-refractivity contribution in [3.8, 4) is 6.07 Å². The van der Waals surface area contributed by atoms with Gasteiger partial charge < -0.3 is 9.84 Å². The Bertz CT molecular complexity index is 810. The quantitative estimate of drug-likeness (QED) is 0.649. The van der Waals surface area contributed by atoms with Crippen molar-refractivity contribution in [3.05, 3.63) is 34.7 Å². The smallest absolute Gasteiger partial charge is 0.226 e. The molecule has 0 saturated carbocycles. The second-order valence-corrected chi connectivity index (χ2v) is 7.17. The highest BCUT2D eigenvalue weighted by Gasteiger charge is 2.15. The van der Waals surface area contributed by atoms with Crippen molar-refractivity contribution in [1.82, 2.24) is 10.1 Å². The number of nitrogens with one attached hydrogen (secondary N) is 1. The Morgan fingerprint density at radius 2 is 2.20 bits per heavy atom. The van der Waals surface area contributed by atoms with Crippen molar-refractivity contribution >= 4 is 23.5 Å². The molecule has 25 heavy (non-hydrogen) atoms. The first kappa shape index (κ1) is 17.5. The van der Waals surface area contributed by atoms with Gasteiger partial charge in [-0.2, -0.15) is 5.26 Å². The van der Waals surface area contributed by atoms with E-state index in [2.05, 4.69) is 16.5 Å². The summed E-state index contributed by atoms with van der Waals surface area (Å²) in [6, 6.07) is 5.89. The lowest BCUT2D eigenvalue weighted by Crippen LogP contribution is -2.12. The zero-order chi connectivity index (χ0) is 17.6.